The van der Waals surface area contributed by atoms with E-state index in [4.69, 9.17) is 27.9 Å². The number of methoxy groups -OCH3 is 1. The third kappa shape index (κ3) is 1.65. The van der Waals surface area contributed by atoms with Gasteiger partial charge in [-0.25, -0.2) is 0 Å². The molecule has 2 rings (SSSR count). The fourth-order valence-electron chi connectivity index (χ4n) is 1.81. The first-order valence-electron chi connectivity index (χ1n) is 4.63. The van der Waals surface area contributed by atoms with Crippen molar-refractivity contribution in [3.05, 3.63) is 21.2 Å². The van der Waals surface area contributed by atoms with Crippen LogP contribution in [0.25, 0.3) is 0 Å². The van der Waals surface area contributed by atoms with Crippen molar-refractivity contribution < 1.29 is 9.84 Å². The number of halogens is 2. The van der Waals surface area contributed by atoms with Crippen molar-refractivity contribution in [2.24, 2.45) is 0 Å². The highest BCUT2D eigenvalue weighted by Gasteiger charge is 2.23. The molecule has 5 heteroatoms. The van der Waals surface area contributed by atoms with Crippen molar-refractivity contribution >= 4 is 23.2 Å². The maximum absolute atomic E-state index is 9.77. The lowest BCUT2D eigenvalue weighted by molar-refractivity contribution is 0.372. The second kappa shape index (κ2) is 4.08. The predicted molar refractivity (Wildman–Crippen MR) is 60.1 cm³/mol. The Morgan fingerprint density at radius 3 is 2.67 bits per heavy atom. The molecule has 1 aliphatic rings. The lowest BCUT2D eigenvalue weighted by Gasteiger charge is -2.22. The smallest absolute Gasteiger partial charge is 0.181 e. The summed E-state index contributed by atoms with van der Waals surface area (Å²) in [6.45, 7) is 1.49. The van der Waals surface area contributed by atoms with E-state index in [-0.39, 0.29) is 11.5 Å². The van der Waals surface area contributed by atoms with Crippen LogP contribution in [0.1, 0.15) is 11.1 Å². The molecule has 3 nitrogen and oxygen atoms in total. The topological polar surface area (TPSA) is 41.5 Å². The summed E-state index contributed by atoms with van der Waals surface area (Å²) in [4.78, 5) is 0. The van der Waals surface area contributed by atoms with Gasteiger partial charge in [-0.3, -0.25) is 0 Å². The quantitative estimate of drug-likeness (QED) is 0.801. The van der Waals surface area contributed by atoms with E-state index in [1.54, 1.807) is 0 Å². The Bertz CT molecular complexity index is 407. The summed E-state index contributed by atoms with van der Waals surface area (Å²) in [5.74, 6) is 0.189. The van der Waals surface area contributed by atoms with Gasteiger partial charge in [0.15, 0.2) is 11.5 Å². The van der Waals surface area contributed by atoms with Crippen molar-refractivity contribution in [2.45, 2.75) is 13.0 Å². The monoisotopic (exact) mass is 247 g/mol. The number of rotatable bonds is 1. The van der Waals surface area contributed by atoms with Crippen molar-refractivity contribution in [1.29, 1.82) is 0 Å². The number of phenolic OH excluding ortho intramolecular Hbond substituents is 1. The van der Waals surface area contributed by atoms with E-state index >= 15 is 0 Å². The van der Waals surface area contributed by atoms with Gasteiger partial charge in [-0.15, -0.1) is 0 Å². The molecular weight excluding hydrogens is 237 g/mol. The summed E-state index contributed by atoms with van der Waals surface area (Å²) >= 11 is 12.2. The normalized spacial score (nSPS) is 14.9. The molecule has 1 heterocycles. The number of aromatic hydroxyl groups is 1. The Hall–Kier alpha value is -0.640. The van der Waals surface area contributed by atoms with E-state index in [2.05, 4.69) is 5.32 Å². The van der Waals surface area contributed by atoms with Crippen LogP contribution in [0.4, 0.5) is 0 Å². The third-order valence-corrected chi connectivity index (χ3v) is 3.38. The zero-order valence-corrected chi connectivity index (χ0v) is 9.74. The van der Waals surface area contributed by atoms with Gasteiger partial charge in [0.25, 0.3) is 0 Å². The van der Waals surface area contributed by atoms with Gasteiger partial charge in [0.05, 0.1) is 17.2 Å². The molecule has 0 aliphatic carbocycles. The Balaban J connectivity index is 2.69. The summed E-state index contributed by atoms with van der Waals surface area (Å²) in [6.07, 6.45) is 0.796. The minimum absolute atomic E-state index is 0.0772. The molecule has 15 heavy (non-hydrogen) atoms. The van der Waals surface area contributed by atoms with Crippen molar-refractivity contribution in [2.75, 3.05) is 13.7 Å². The van der Waals surface area contributed by atoms with Crippen molar-refractivity contribution in [3.8, 4) is 11.5 Å². The molecule has 0 saturated carbocycles. The molecule has 0 atom stereocenters. The minimum atomic E-state index is -0.0772. The van der Waals surface area contributed by atoms with Crippen LogP contribution in [-0.4, -0.2) is 18.8 Å². The third-order valence-electron chi connectivity index (χ3n) is 2.57. The number of benzene rings is 1. The highest BCUT2D eigenvalue weighted by atomic mass is 35.5. The van der Waals surface area contributed by atoms with Gasteiger partial charge in [0, 0.05) is 6.54 Å². The van der Waals surface area contributed by atoms with Crippen LogP contribution < -0.4 is 10.1 Å². The van der Waals surface area contributed by atoms with Gasteiger partial charge in [0.2, 0.25) is 0 Å². The number of hydrogen-bond donors (Lipinski definition) is 2. The van der Waals surface area contributed by atoms with Crippen LogP contribution in [0.5, 0.6) is 11.5 Å². The Morgan fingerprint density at radius 2 is 2.00 bits per heavy atom. The van der Waals surface area contributed by atoms with Crippen LogP contribution in [-0.2, 0) is 13.0 Å². The maximum atomic E-state index is 9.77. The molecule has 1 aromatic rings. The first kappa shape index (κ1) is 10.9. The van der Waals surface area contributed by atoms with Gasteiger partial charge >= 0.3 is 0 Å². The number of phenols is 1. The largest absolute Gasteiger partial charge is 0.503 e. The molecule has 0 fully saturated rings. The van der Waals surface area contributed by atoms with Crippen LogP contribution in [0, 0.1) is 0 Å². The minimum Gasteiger partial charge on any atom is -0.503 e. The Labute approximate surface area is 97.9 Å². The van der Waals surface area contributed by atoms with Gasteiger partial charge in [-0.2, -0.15) is 0 Å². The lowest BCUT2D eigenvalue weighted by Crippen LogP contribution is -2.24. The van der Waals surface area contributed by atoms with Gasteiger partial charge in [-0.05, 0) is 24.1 Å². The Morgan fingerprint density at radius 1 is 1.27 bits per heavy atom. The van der Waals surface area contributed by atoms with Crippen LogP contribution in [0.15, 0.2) is 0 Å². The second-order valence-corrected chi connectivity index (χ2v) is 4.15. The molecule has 0 spiro atoms. The molecule has 0 amide bonds. The molecule has 0 bridgehead atoms. The van der Waals surface area contributed by atoms with Crippen LogP contribution in [0.2, 0.25) is 10.0 Å². The number of ether oxygens (including phenoxy) is 1. The summed E-state index contributed by atoms with van der Waals surface area (Å²) in [7, 11) is 1.46. The molecule has 0 saturated heterocycles. The SMILES string of the molecule is COc1c(O)c(Cl)c2c(c1Cl)CCNC2. The van der Waals surface area contributed by atoms with Gasteiger partial charge in [-0.1, -0.05) is 23.2 Å². The standard InChI is InChI=1S/C10H11Cl2NO2/c1-15-10-8(12)5-2-3-13-4-6(5)7(11)9(10)14/h13-14H,2-4H2,1H3. The molecule has 2 N–H and O–H groups in total. The van der Waals surface area contributed by atoms with E-state index < -0.39 is 0 Å². The number of nitrogens with one attached hydrogen (secondary N) is 1. The summed E-state index contributed by atoms with van der Waals surface area (Å²) < 4.78 is 5.04. The van der Waals surface area contributed by atoms with E-state index in [1.807, 2.05) is 0 Å². The highest BCUT2D eigenvalue weighted by molar-refractivity contribution is 6.36. The summed E-state index contributed by atoms with van der Waals surface area (Å²) in [5, 5.41) is 13.7. The number of fused-ring (bicyclic) bond motifs is 1. The average molecular weight is 248 g/mol. The van der Waals surface area contributed by atoms with E-state index in [0.717, 1.165) is 24.1 Å². The molecule has 0 aromatic heterocycles. The maximum Gasteiger partial charge on any atom is 0.181 e. The van der Waals surface area contributed by atoms with Crippen molar-refractivity contribution in [3.63, 3.8) is 0 Å². The predicted octanol–water partition coefficient (Wildman–Crippen LogP) is 2.35. The van der Waals surface area contributed by atoms with Gasteiger partial charge < -0.3 is 15.2 Å². The summed E-state index contributed by atoms with van der Waals surface area (Å²) in [5.41, 5.74) is 1.83. The number of hydrogen-bond acceptors (Lipinski definition) is 3. The molecule has 0 radical (unpaired) electrons. The molecule has 82 valence electrons. The van der Waals surface area contributed by atoms with E-state index in [0.29, 0.717) is 16.6 Å². The fourth-order valence-corrected chi connectivity index (χ4v) is 2.45. The first-order valence-corrected chi connectivity index (χ1v) is 5.38. The zero-order chi connectivity index (χ0) is 11.0. The fraction of sp³-hybridized carbons (Fsp3) is 0.400. The zero-order valence-electron chi connectivity index (χ0n) is 8.23. The molecule has 1 aliphatic heterocycles. The average Bonchev–Trinajstić information content (AvgIpc) is 2.27. The highest BCUT2D eigenvalue weighted by Crippen LogP contribution is 2.45. The molecule has 1 aromatic carbocycles. The van der Waals surface area contributed by atoms with E-state index in [9.17, 15) is 5.11 Å². The lowest BCUT2D eigenvalue weighted by atomic mass is 10.00. The second-order valence-electron chi connectivity index (χ2n) is 3.39. The van der Waals surface area contributed by atoms with Crippen LogP contribution >= 0.6 is 23.2 Å². The first-order chi connectivity index (χ1) is 7.16. The molecule has 0 unspecified atom stereocenters. The Kier molecular flexibility index (Phi) is 2.96. The van der Waals surface area contributed by atoms with Gasteiger partial charge in [0.1, 0.15) is 0 Å². The van der Waals surface area contributed by atoms with Crippen LogP contribution in [0.3, 0.4) is 0 Å². The summed E-state index contributed by atoms with van der Waals surface area (Å²) in [6, 6.07) is 0. The van der Waals surface area contributed by atoms with E-state index in [1.165, 1.54) is 7.11 Å². The molecular formula is C10H11Cl2NO2. The van der Waals surface area contributed by atoms with Crippen molar-refractivity contribution in [1.82, 2.24) is 5.32 Å².